The zero-order valence-corrected chi connectivity index (χ0v) is 15.4. The Morgan fingerprint density at radius 1 is 1.04 bits per heavy atom. The molecular weight excluding hydrogens is 350 g/mol. The van der Waals surface area contributed by atoms with Gasteiger partial charge in [-0.25, -0.2) is 4.98 Å². The number of anilines is 3. The smallest absolute Gasteiger partial charge is 0.248 e. The van der Waals surface area contributed by atoms with Crippen molar-refractivity contribution < 1.29 is 4.79 Å². The zero-order valence-electron chi connectivity index (χ0n) is 15.4. The maximum atomic E-state index is 12.0. The fourth-order valence-electron chi connectivity index (χ4n) is 2.62. The number of benzene rings is 2. The molecule has 28 heavy (non-hydrogen) atoms. The number of rotatable bonds is 7. The Morgan fingerprint density at radius 3 is 2.61 bits per heavy atom. The lowest BCUT2D eigenvalue weighted by atomic mass is 10.1. The lowest BCUT2D eigenvalue weighted by molar-refractivity contribution is -0.111. The Labute approximate surface area is 164 Å². The molecule has 6 nitrogen and oxygen atoms in total. The second-order valence-corrected chi connectivity index (χ2v) is 6.26. The first-order chi connectivity index (χ1) is 13.6. The molecular formula is C22H23N5O. The highest BCUT2D eigenvalue weighted by Gasteiger charge is 2.01. The van der Waals surface area contributed by atoms with E-state index in [0.717, 1.165) is 22.5 Å². The number of hydrogen-bond acceptors (Lipinski definition) is 5. The monoisotopic (exact) mass is 373 g/mol. The molecule has 0 aliphatic carbocycles. The Bertz CT molecular complexity index is 967. The molecule has 0 fully saturated rings. The molecule has 142 valence electrons. The van der Waals surface area contributed by atoms with Crippen LogP contribution in [0.2, 0.25) is 0 Å². The van der Waals surface area contributed by atoms with Crippen LogP contribution in [0.3, 0.4) is 0 Å². The molecule has 1 aromatic heterocycles. The highest BCUT2D eigenvalue weighted by atomic mass is 16.1. The van der Waals surface area contributed by atoms with E-state index in [4.69, 9.17) is 11.5 Å². The lowest BCUT2D eigenvalue weighted by Crippen LogP contribution is -2.09. The molecule has 6 heteroatoms. The third kappa shape index (κ3) is 5.43. The van der Waals surface area contributed by atoms with Gasteiger partial charge in [-0.1, -0.05) is 36.4 Å². The van der Waals surface area contributed by atoms with Gasteiger partial charge in [0.2, 0.25) is 5.91 Å². The van der Waals surface area contributed by atoms with Crippen LogP contribution in [0.25, 0.3) is 6.08 Å². The minimum atomic E-state index is -0.250. The SMILES string of the molecule is NCc1cccc(CNc2ccc(/C=C/C(=O)Nc3ccccc3N)cn2)c1. The number of carbonyl (C=O) groups excluding carboxylic acids is 1. The third-order valence-electron chi connectivity index (χ3n) is 4.13. The zero-order chi connectivity index (χ0) is 19.8. The number of hydrogen-bond donors (Lipinski definition) is 4. The van der Waals surface area contributed by atoms with E-state index < -0.39 is 0 Å². The first-order valence-electron chi connectivity index (χ1n) is 8.95. The van der Waals surface area contributed by atoms with Gasteiger partial charge in [-0.2, -0.15) is 0 Å². The van der Waals surface area contributed by atoms with Gasteiger partial charge in [0.25, 0.3) is 0 Å². The molecule has 0 saturated heterocycles. The van der Waals surface area contributed by atoms with Crippen molar-refractivity contribution in [3.05, 3.63) is 89.6 Å². The molecule has 0 unspecified atom stereocenters. The number of nitrogens with zero attached hydrogens (tertiary/aromatic N) is 1. The summed E-state index contributed by atoms with van der Waals surface area (Å²) in [7, 11) is 0. The van der Waals surface area contributed by atoms with Gasteiger partial charge in [-0.15, -0.1) is 0 Å². The van der Waals surface area contributed by atoms with E-state index in [0.29, 0.717) is 24.5 Å². The number of nitrogens with one attached hydrogen (secondary N) is 2. The minimum absolute atomic E-state index is 0.250. The Morgan fingerprint density at radius 2 is 1.86 bits per heavy atom. The van der Waals surface area contributed by atoms with E-state index in [1.165, 1.54) is 6.08 Å². The molecule has 0 saturated carbocycles. The van der Waals surface area contributed by atoms with Crippen molar-refractivity contribution in [2.45, 2.75) is 13.1 Å². The van der Waals surface area contributed by atoms with Crippen molar-refractivity contribution in [1.29, 1.82) is 0 Å². The summed E-state index contributed by atoms with van der Waals surface area (Å²) in [5, 5.41) is 6.02. The van der Waals surface area contributed by atoms with Crippen LogP contribution < -0.4 is 22.1 Å². The van der Waals surface area contributed by atoms with Crippen molar-refractivity contribution in [3.63, 3.8) is 0 Å². The van der Waals surface area contributed by atoms with Crippen LogP contribution in [0.15, 0.2) is 72.9 Å². The number of carbonyl (C=O) groups is 1. The van der Waals surface area contributed by atoms with Crippen molar-refractivity contribution in [2.24, 2.45) is 5.73 Å². The van der Waals surface area contributed by atoms with Crippen LogP contribution in [0.1, 0.15) is 16.7 Å². The van der Waals surface area contributed by atoms with Gasteiger partial charge >= 0.3 is 0 Å². The van der Waals surface area contributed by atoms with Gasteiger partial charge in [-0.05, 0) is 47.0 Å². The highest BCUT2D eigenvalue weighted by molar-refractivity contribution is 6.03. The average Bonchev–Trinajstić information content (AvgIpc) is 2.73. The topological polar surface area (TPSA) is 106 Å². The summed E-state index contributed by atoms with van der Waals surface area (Å²) < 4.78 is 0. The van der Waals surface area contributed by atoms with Crippen LogP contribution in [-0.2, 0) is 17.9 Å². The second-order valence-electron chi connectivity index (χ2n) is 6.26. The summed E-state index contributed by atoms with van der Waals surface area (Å²) in [6.45, 7) is 1.19. The van der Waals surface area contributed by atoms with Crippen molar-refractivity contribution in [2.75, 3.05) is 16.4 Å². The quantitative estimate of drug-likeness (QED) is 0.375. The summed E-state index contributed by atoms with van der Waals surface area (Å²) in [4.78, 5) is 16.4. The predicted octanol–water partition coefficient (Wildman–Crippen LogP) is 3.39. The summed E-state index contributed by atoms with van der Waals surface area (Å²) in [5.41, 5.74) is 15.7. The van der Waals surface area contributed by atoms with Gasteiger partial charge in [-0.3, -0.25) is 4.79 Å². The van der Waals surface area contributed by atoms with E-state index in [9.17, 15) is 4.79 Å². The molecule has 0 radical (unpaired) electrons. The fraction of sp³-hybridized carbons (Fsp3) is 0.0909. The molecule has 0 atom stereocenters. The van der Waals surface area contributed by atoms with Gasteiger partial charge in [0.1, 0.15) is 5.82 Å². The largest absolute Gasteiger partial charge is 0.397 e. The number of aromatic nitrogens is 1. The molecule has 0 spiro atoms. The van der Waals surface area contributed by atoms with E-state index in [2.05, 4.69) is 21.7 Å². The number of para-hydroxylation sites is 2. The van der Waals surface area contributed by atoms with Crippen LogP contribution in [0, 0.1) is 0 Å². The number of nitrogens with two attached hydrogens (primary N) is 2. The van der Waals surface area contributed by atoms with Gasteiger partial charge in [0.15, 0.2) is 0 Å². The molecule has 3 rings (SSSR count). The van der Waals surface area contributed by atoms with Crippen molar-refractivity contribution >= 4 is 29.2 Å². The summed E-state index contributed by atoms with van der Waals surface area (Å²) in [6.07, 6.45) is 4.87. The summed E-state index contributed by atoms with van der Waals surface area (Å²) in [5.74, 6) is 0.511. The van der Waals surface area contributed by atoms with Crippen molar-refractivity contribution in [3.8, 4) is 0 Å². The van der Waals surface area contributed by atoms with Crippen LogP contribution in [-0.4, -0.2) is 10.9 Å². The Balaban J connectivity index is 1.54. The van der Waals surface area contributed by atoms with E-state index in [1.807, 2.05) is 42.5 Å². The molecule has 2 aromatic carbocycles. The average molecular weight is 373 g/mol. The lowest BCUT2D eigenvalue weighted by Gasteiger charge is -2.07. The van der Waals surface area contributed by atoms with Crippen LogP contribution in [0.4, 0.5) is 17.2 Å². The Hall–Kier alpha value is -3.64. The second kappa shape index (κ2) is 9.34. The molecule has 1 heterocycles. The molecule has 0 aliphatic rings. The summed E-state index contributed by atoms with van der Waals surface area (Å²) >= 11 is 0. The van der Waals surface area contributed by atoms with Gasteiger partial charge < -0.3 is 22.1 Å². The standard InChI is InChI=1S/C22H23N5O/c23-13-17-4-3-5-18(12-17)15-26-21-10-8-16(14-25-21)9-11-22(28)27-20-7-2-1-6-19(20)24/h1-12,14H,13,15,23-24H2,(H,25,26)(H,27,28)/b11-9+. The van der Waals surface area contributed by atoms with E-state index in [1.54, 1.807) is 24.4 Å². The maximum Gasteiger partial charge on any atom is 0.248 e. The molecule has 3 aromatic rings. The normalized spacial score (nSPS) is 10.8. The molecule has 1 amide bonds. The fourth-order valence-corrected chi connectivity index (χ4v) is 2.62. The van der Waals surface area contributed by atoms with E-state index in [-0.39, 0.29) is 5.91 Å². The van der Waals surface area contributed by atoms with Crippen LogP contribution in [0.5, 0.6) is 0 Å². The maximum absolute atomic E-state index is 12.0. The first kappa shape index (κ1) is 19.1. The van der Waals surface area contributed by atoms with Gasteiger partial charge in [0, 0.05) is 25.4 Å². The van der Waals surface area contributed by atoms with Gasteiger partial charge in [0.05, 0.1) is 11.4 Å². The number of pyridine rings is 1. The van der Waals surface area contributed by atoms with Crippen LogP contribution >= 0.6 is 0 Å². The molecule has 6 N–H and O–H groups in total. The van der Waals surface area contributed by atoms with Crippen molar-refractivity contribution in [1.82, 2.24) is 4.98 Å². The number of amides is 1. The number of nitrogen functional groups attached to an aromatic ring is 1. The summed E-state index contributed by atoms with van der Waals surface area (Å²) in [6, 6.07) is 19.0. The van der Waals surface area contributed by atoms with E-state index >= 15 is 0 Å². The minimum Gasteiger partial charge on any atom is -0.397 e. The highest BCUT2D eigenvalue weighted by Crippen LogP contribution is 2.16. The Kier molecular flexibility index (Phi) is 6.38. The third-order valence-corrected chi connectivity index (χ3v) is 4.13. The molecule has 0 aliphatic heterocycles. The predicted molar refractivity (Wildman–Crippen MR) is 114 cm³/mol. The molecule has 0 bridgehead atoms. The first-order valence-corrected chi connectivity index (χ1v) is 8.95.